The van der Waals surface area contributed by atoms with Gasteiger partial charge in [-0.25, -0.2) is 4.39 Å². The third-order valence-electron chi connectivity index (χ3n) is 2.09. The van der Waals surface area contributed by atoms with E-state index in [2.05, 4.69) is 15.9 Å². The number of halogens is 2. The average molecular weight is 245 g/mol. The van der Waals surface area contributed by atoms with Crippen LogP contribution in [0.15, 0.2) is 18.2 Å². The number of aryl methyl sites for hydroxylation is 2. The first kappa shape index (κ1) is 10.7. The van der Waals surface area contributed by atoms with Crippen molar-refractivity contribution in [3.63, 3.8) is 0 Å². The summed E-state index contributed by atoms with van der Waals surface area (Å²) < 4.78 is 13.1. The fraction of sp³-hybridized carbons (Fsp3) is 0.455. The first-order valence-corrected chi connectivity index (χ1v) is 5.67. The SMILES string of the molecule is Cc1ccc(CCCCBr)cc1F. The molecular weight excluding hydrogens is 231 g/mol. The van der Waals surface area contributed by atoms with Crippen molar-refractivity contribution in [1.82, 2.24) is 0 Å². The van der Waals surface area contributed by atoms with Crippen LogP contribution in [0.5, 0.6) is 0 Å². The smallest absolute Gasteiger partial charge is 0.126 e. The highest BCUT2D eigenvalue weighted by atomic mass is 79.9. The number of alkyl halides is 1. The van der Waals surface area contributed by atoms with Gasteiger partial charge in [0.15, 0.2) is 0 Å². The van der Waals surface area contributed by atoms with Crippen molar-refractivity contribution in [2.24, 2.45) is 0 Å². The van der Waals surface area contributed by atoms with E-state index in [4.69, 9.17) is 0 Å². The number of hydrogen-bond donors (Lipinski definition) is 0. The Morgan fingerprint density at radius 2 is 2.08 bits per heavy atom. The first-order valence-electron chi connectivity index (χ1n) is 4.55. The van der Waals surface area contributed by atoms with Crippen LogP contribution in [-0.2, 0) is 6.42 Å². The van der Waals surface area contributed by atoms with Gasteiger partial charge in [0.05, 0.1) is 0 Å². The monoisotopic (exact) mass is 244 g/mol. The van der Waals surface area contributed by atoms with Gasteiger partial charge < -0.3 is 0 Å². The zero-order valence-corrected chi connectivity index (χ0v) is 9.40. The Labute approximate surface area is 87.3 Å². The van der Waals surface area contributed by atoms with Crippen LogP contribution in [0.1, 0.15) is 24.0 Å². The molecule has 0 aliphatic rings. The van der Waals surface area contributed by atoms with Crippen LogP contribution in [0.3, 0.4) is 0 Å². The van der Waals surface area contributed by atoms with E-state index < -0.39 is 0 Å². The van der Waals surface area contributed by atoms with Gasteiger partial charge in [-0.1, -0.05) is 28.1 Å². The molecule has 0 N–H and O–H groups in total. The molecule has 13 heavy (non-hydrogen) atoms. The molecule has 0 aliphatic heterocycles. The van der Waals surface area contributed by atoms with E-state index >= 15 is 0 Å². The van der Waals surface area contributed by atoms with Crippen molar-refractivity contribution in [1.29, 1.82) is 0 Å². The molecule has 0 spiro atoms. The summed E-state index contributed by atoms with van der Waals surface area (Å²) in [6.07, 6.45) is 3.24. The minimum Gasteiger partial charge on any atom is -0.207 e. The molecule has 1 aromatic rings. The summed E-state index contributed by atoms with van der Waals surface area (Å²) in [7, 11) is 0. The molecular formula is C11H14BrF. The highest BCUT2D eigenvalue weighted by Crippen LogP contribution is 2.11. The van der Waals surface area contributed by atoms with Gasteiger partial charge in [0.25, 0.3) is 0 Å². The maximum Gasteiger partial charge on any atom is 0.126 e. The normalized spacial score (nSPS) is 10.4. The van der Waals surface area contributed by atoms with Crippen LogP contribution in [0.25, 0.3) is 0 Å². The molecule has 0 saturated heterocycles. The van der Waals surface area contributed by atoms with Crippen molar-refractivity contribution >= 4 is 15.9 Å². The largest absolute Gasteiger partial charge is 0.207 e. The number of unbranched alkanes of at least 4 members (excludes halogenated alkanes) is 1. The Morgan fingerprint density at radius 1 is 1.31 bits per heavy atom. The van der Waals surface area contributed by atoms with E-state index in [1.165, 1.54) is 0 Å². The predicted molar refractivity (Wildman–Crippen MR) is 57.9 cm³/mol. The summed E-state index contributed by atoms with van der Waals surface area (Å²) in [6, 6.07) is 5.50. The van der Waals surface area contributed by atoms with Crippen molar-refractivity contribution in [3.05, 3.63) is 35.1 Å². The lowest BCUT2D eigenvalue weighted by Gasteiger charge is -2.02. The molecule has 1 rings (SSSR count). The van der Waals surface area contributed by atoms with Gasteiger partial charge in [0.2, 0.25) is 0 Å². The fourth-order valence-corrected chi connectivity index (χ4v) is 1.61. The summed E-state index contributed by atoms with van der Waals surface area (Å²) in [5.74, 6) is -0.0867. The predicted octanol–water partition coefficient (Wildman–Crippen LogP) is 3.85. The van der Waals surface area contributed by atoms with Crippen molar-refractivity contribution in [2.75, 3.05) is 5.33 Å². The lowest BCUT2D eigenvalue weighted by atomic mass is 10.1. The summed E-state index contributed by atoms with van der Waals surface area (Å²) in [5.41, 5.74) is 1.83. The van der Waals surface area contributed by atoms with Gasteiger partial charge in [0.1, 0.15) is 5.82 Å². The maximum atomic E-state index is 13.1. The molecule has 0 radical (unpaired) electrons. The molecule has 1 aromatic carbocycles. The second kappa shape index (κ2) is 5.38. The molecule has 0 fully saturated rings. The fourth-order valence-electron chi connectivity index (χ4n) is 1.22. The topological polar surface area (TPSA) is 0 Å². The van der Waals surface area contributed by atoms with Gasteiger partial charge in [-0.2, -0.15) is 0 Å². The quantitative estimate of drug-likeness (QED) is 0.558. The van der Waals surface area contributed by atoms with Gasteiger partial charge in [0, 0.05) is 5.33 Å². The zero-order valence-electron chi connectivity index (χ0n) is 7.82. The van der Waals surface area contributed by atoms with Gasteiger partial charge in [-0.15, -0.1) is 0 Å². The molecule has 0 aliphatic carbocycles. The Morgan fingerprint density at radius 3 is 2.69 bits per heavy atom. The minimum atomic E-state index is -0.0867. The van der Waals surface area contributed by atoms with Gasteiger partial charge in [-0.3, -0.25) is 0 Å². The zero-order chi connectivity index (χ0) is 9.68. The van der Waals surface area contributed by atoms with E-state index in [9.17, 15) is 4.39 Å². The molecule has 0 bridgehead atoms. The molecule has 0 saturated carbocycles. The van der Waals surface area contributed by atoms with E-state index in [1.54, 1.807) is 13.0 Å². The summed E-state index contributed by atoms with van der Waals surface area (Å²) in [5, 5.41) is 1.03. The van der Waals surface area contributed by atoms with E-state index in [-0.39, 0.29) is 5.82 Å². The summed E-state index contributed by atoms with van der Waals surface area (Å²) in [6.45, 7) is 1.79. The van der Waals surface area contributed by atoms with Gasteiger partial charge >= 0.3 is 0 Å². The lowest BCUT2D eigenvalue weighted by molar-refractivity contribution is 0.615. The third-order valence-corrected chi connectivity index (χ3v) is 2.65. The molecule has 0 nitrogen and oxygen atoms in total. The Bertz CT molecular complexity index is 271. The van der Waals surface area contributed by atoms with Crippen LogP contribution < -0.4 is 0 Å². The van der Waals surface area contributed by atoms with E-state index in [0.717, 1.165) is 35.7 Å². The average Bonchev–Trinajstić information content (AvgIpc) is 2.12. The third kappa shape index (κ3) is 3.47. The van der Waals surface area contributed by atoms with Crippen LogP contribution in [0, 0.1) is 12.7 Å². The van der Waals surface area contributed by atoms with Crippen LogP contribution in [0.4, 0.5) is 4.39 Å². The second-order valence-electron chi connectivity index (χ2n) is 3.23. The number of hydrogen-bond acceptors (Lipinski definition) is 0. The van der Waals surface area contributed by atoms with Crippen LogP contribution >= 0.6 is 15.9 Å². The highest BCUT2D eigenvalue weighted by Gasteiger charge is 1.98. The molecule has 0 amide bonds. The molecule has 0 unspecified atom stereocenters. The first-order chi connectivity index (χ1) is 6.24. The van der Waals surface area contributed by atoms with Gasteiger partial charge in [-0.05, 0) is 43.4 Å². The minimum absolute atomic E-state index is 0.0867. The molecule has 2 heteroatoms. The molecule has 72 valence electrons. The van der Waals surface area contributed by atoms with Crippen molar-refractivity contribution < 1.29 is 4.39 Å². The van der Waals surface area contributed by atoms with Crippen molar-refractivity contribution in [3.8, 4) is 0 Å². The standard InChI is InChI=1S/C11H14BrF/c1-9-5-6-10(8-11(9)13)4-2-3-7-12/h5-6,8H,2-4,7H2,1H3. The van der Waals surface area contributed by atoms with E-state index in [1.807, 2.05) is 12.1 Å². The molecule has 0 atom stereocenters. The molecule has 0 aromatic heterocycles. The highest BCUT2D eigenvalue weighted by molar-refractivity contribution is 9.09. The number of benzene rings is 1. The maximum absolute atomic E-state index is 13.1. The lowest BCUT2D eigenvalue weighted by Crippen LogP contribution is -1.89. The Hall–Kier alpha value is -0.370. The summed E-state index contributed by atoms with van der Waals surface area (Å²) in [4.78, 5) is 0. The Balaban J connectivity index is 2.53. The Kier molecular flexibility index (Phi) is 4.43. The molecule has 0 heterocycles. The van der Waals surface area contributed by atoms with Crippen molar-refractivity contribution in [2.45, 2.75) is 26.2 Å². The summed E-state index contributed by atoms with van der Waals surface area (Å²) >= 11 is 3.37. The second-order valence-corrected chi connectivity index (χ2v) is 4.02. The van der Waals surface area contributed by atoms with Crippen LogP contribution in [-0.4, -0.2) is 5.33 Å². The number of rotatable bonds is 4. The van der Waals surface area contributed by atoms with E-state index in [0.29, 0.717) is 0 Å². The van der Waals surface area contributed by atoms with Crippen LogP contribution in [0.2, 0.25) is 0 Å².